The number of nitrogen functional groups attached to an aromatic ring is 1. The van der Waals surface area contributed by atoms with E-state index in [0.29, 0.717) is 0 Å². The lowest BCUT2D eigenvalue weighted by Crippen LogP contribution is -2.05. The molecule has 0 aliphatic carbocycles. The Morgan fingerprint density at radius 1 is 1.29 bits per heavy atom. The molecular formula is C12H10F3N3O3. The van der Waals surface area contributed by atoms with E-state index < -0.39 is 34.8 Å². The number of rotatable bonds is 2. The number of hydrogen-bond acceptors (Lipinski definition) is 4. The molecule has 112 valence electrons. The van der Waals surface area contributed by atoms with Crippen LogP contribution in [0.4, 0.5) is 24.5 Å². The number of hydrogen-bond donors (Lipinski definition) is 2. The fourth-order valence-corrected chi connectivity index (χ4v) is 1.44. The molecule has 2 aromatic rings. The molecule has 2 rings (SSSR count). The zero-order chi connectivity index (χ0) is 16.2. The Hall–Kier alpha value is -2.84. The highest BCUT2D eigenvalue weighted by Gasteiger charge is 2.17. The first-order valence-corrected chi connectivity index (χ1v) is 5.40. The second kappa shape index (κ2) is 6.55. The van der Waals surface area contributed by atoms with Crippen molar-refractivity contribution < 1.29 is 23.1 Å². The summed E-state index contributed by atoms with van der Waals surface area (Å²) in [4.78, 5) is 20.1. The van der Waals surface area contributed by atoms with E-state index in [1.165, 1.54) is 19.3 Å². The van der Waals surface area contributed by atoms with E-state index >= 15 is 0 Å². The molecule has 0 atom stereocenters. The second-order valence-corrected chi connectivity index (χ2v) is 3.82. The van der Waals surface area contributed by atoms with Crippen LogP contribution < -0.4 is 5.73 Å². The van der Waals surface area contributed by atoms with E-state index in [4.69, 9.17) is 10.8 Å². The lowest BCUT2D eigenvalue weighted by molar-refractivity contribution is 0.0681. The number of carbonyl (C=O) groups is 1. The molecule has 1 heterocycles. The summed E-state index contributed by atoms with van der Waals surface area (Å²) in [5, 5.41) is 10.6. The number of anilines is 1. The van der Waals surface area contributed by atoms with Gasteiger partial charge in [-0.3, -0.25) is 0 Å². The van der Waals surface area contributed by atoms with Gasteiger partial charge in [0, 0.05) is 13.2 Å². The Labute approximate surface area is 116 Å². The molecule has 3 N–H and O–H groups in total. The maximum Gasteiger partial charge on any atom is 0.355 e. The number of aromatic carboxylic acids is 1. The molecule has 0 aliphatic rings. The number of nitrogens with zero attached hydrogens (tertiary/aromatic N) is 2. The van der Waals surface area contributed by atoms with Crippen molar-refractivity contribution in [1.82, 2.24) is 4.57 Å². The zero-order valence-corrected chi connectivity index (χ0v) is 10.7. The molecule has 0 aliphatic heterocycles. The fraction of sp³-hybridized carbons (Fsp3) is 0.0833. The van der Waals surface area contributed by atoms with E-state index in [0.717, 1.165) is 16.7 Å². The highest BCUT2D eigenvalue weighted by Crippen LogP contribution is 2.20. The van der Waals surface area contributed by atoms with Gasteiger partial charge in [-0.2, -0.15) is 0 Å². The molecule has 1 aromatic carbocycles. The first kappa shape index (κ1) is 16.2. The van der Waals surface area contributed by atoms with Crippen LogP contribution in [-0.4, -0.2) is 15.6 Å². The van der Waals surface area contributed by atoms with Crippen LogP contribution >= 0.6 is 0 Å². The van der Waals surface area contributed by atoms with Gasteiger partial charge >= 0.3 is 5.97 Å². The predicted octanol–water partition coefficient (Wildman–Crippen LogP) is 2.81. The van der Waals surface area contributed by atoms with Crippen molar-refractivity contribution in [3.8, 4) is 0 Å². The van der Waals surface area contributed by atoms with Crippen LogP contribution in [0.5, 0.6) is 0 Å². The summed E-state index contributed by atoms with van der Waals surface area (Å²) in [6.45, 7) is 0. The number of nitrogens with two attached hydrogens (primary N) is 1. The van der Waals surface area contributed by atoms with E-state index in [-0.39, 0.29) is 5.69 Å². The molecule has 0 fully saturated rings. The van der Waals surface area contributed by atoms with Crippen LogP contribution in [0.1, 0.15) is 10.5 Å². The van der Waals surface area contributed by atoms with Gasteiger partial charge in [-0.05, 0) is 17.3 Å². The fourth-order valence-electron chi connectivity index (χ4n) is 1.44. The summed E-state index contributed by atoms with van der Waals surface area (Å²) in [7, 11) is 1.42. The van der Waals surface area contributed by atoms with Gasteiger partial charge in [0.2, 0.25) is 0 Å². The molecule has 0 saturated heterocycles. The van der Waals surface area contributed by atoms with Crippen LogP contribution in [0.3, 0.4) is 0 Å². The summed E-state index contributed by atoms with van der Waals surface area (Å²) in [6.07, 6.45) is 1.22. The van der Waals surface area contributed by atoms with E-state index in [9.17, 15) is 22.9 Å². The minimum atomic E-state index is -1.32. The third-order valence-corrected chi connectivity index (χ3v) is 2.38. The van der Waals surface area contributed by atoms with Gasteiger partial charge in [-0.1, -0.05) is 6.07 Å². The normalized spacial score (nSPS) is 9.71. The third kappa shape index (κ3) is 3.59. The summed E-state index contributed by atoms with van der Waals surface area (Å²) < 4.78 is 38.5. The van der Waals surface area contributed by atoms with Crippen molar-refractivity contribution in [3.63, 3.8) is 0 Å². The Morgan fingerprint density at radius 3 is 2.05 bits per heavy atom. The van der Waals surface area contributed by atoms with Crippen LogP contribution in [-0.2, 0) is 7.05 Å². The molecule has 0 radical (unpaired) electrons. The number of carboxylic acid groups (broad SMARTS) is 1. The lowest BCUT2D eigenvalue weighted by atomic mass is 10.3. The van der Waals surface area contributed by atoms with Crippen LogP contribution in [0.15, 0.2) is 29.6 Å². The highest BCUT2D eigenvalue weighted by molar-refractivity contribution is 5.87. The SMILES string of the molecule is Cn1cc(N)c(F)c1C(=O)O.O=Nc1c(F)cccc1F. The average molecular weight is 301 g/mol. The van der Waals surface area contributed by atoms with Gasteiger partial charge in [0.25, 0.3) is 0 Å². The third-order valence-electron chi connectivity index (χ3n) is 2.38. The first-order valence-electron chi connectivity index (χ1n) is 5.40. The van der Waals surface area contributed by atoms with E-state index in [2.05, 4.69) is 5.18 Å². The molecule has 1 aromatic heterocycles. The predicted molar refractivity (Wildman–Crippen MR) is 68.6 cm³/mol. The quantitative estimate of drug-likeness (QED) is 0.833. The van der Waals surface area contributed by atoms with Crippen molar-refractivity contribution in [2.75, 3.05) is 5.73 Å². The summed E-state index contributed by atoms with van der Waals surface area (Å²) in [6, 6.07) is 3.11. The number of aromatic nitrogens is 1. The molecular weight excluding hydrogens is 291 g/mol. The van der Waals surface area contributed by atoms with Gasteiger partial charge in [0.15, 0.2) is 28.8 Å². The summed E-state index contributed by atoms with van der Waals surface area (Å²) in [5.74, 6) is -4.06. The molecule has 0 saturated carbocycles. The molecule has 0 amide bonds. The van der Waals surface area contributed by atoms with Gasteiger partial charge in [-0.25, -0.2) is 18.0 Å². The number of nitroso groups, excluding NO2 is 1. The maximum atomic E-state index is 12.7. The lowest BCUT2D eigenvalue weighted by Gasteiger charge is -1.94. The van der Waals surface area contributed by atoms with E-state index in [1.54, 1.807) is 0 Å². The zero-order valence-electron chi connectivity index (χ0n) is 10.7. The molecule has 0 spiro atoms. The second-order valence-electron chi connectivity index (χ2n) is 3.82. The Bertz CT molecular complexity index is 666. The monoisotopic (exact) mass is 301 g/mol. The van der Waals surface area contributed by atoms with E-state index in [1.807, 2.05) is 0 Å². The van der Waals surface area contributed by atoms with Gasteiger partial charge in [0.05, 0.1) is 5.69 Å². The Morgan fingerprint density at radius 2 is 1.81 bits per heavy atom. The molecule has 0 bridgehead atoms. The van der Waals surface area contributed by atoms with Crippen molar-refractivity contribution in [1.29, 1.82) is 0 Å². The minimum Gasteiger partial charge on any atom is -0.476 e. The van der Waals surface area contributed by atoms with Crippen molar-refractivity contribution in [3.05, 3.63) is 52.4 Å². The number of carboxylic acids is 1. The molecule has 21 heavy (non-hydrogen) atoms. The largest absolute Gasteiger partial charge is 0.476 e. The van der Waals surface area contributed by atoms with Gasteiger partial charge in [0.1, 0.15) is 0 Å². The minimum absolute atomic E-state index is 0.148. The standard InChI is InChI=1S/C6H3F2NO.C6H7FN2O2/c7-4-2-1-3-5(8)6(4)9-10;1-9-2-3(8)4(7)5(9)6(10)11/h1-3H;2H,8H2,1H3,(H,10,11). The van der Waals surface area contributed by atoms with Crippen molar-refractivity contribution in [2.45, 2.75) is 0 Å². The highest BCUT2D eigenvalue weighted by atomic mass is 19.1. The van der Waals surface area contributed by atoms with Crippen molar-refractivity contribution >= 4 is 17.3 Å². The number of benzene rings is 1. The number of aryl methyl sites for hydroxylation is 1. The summed E-state index contributed by atoms with van der Waals surface area (Å²) >= 11 is 0. The van der Waals surface area contributed by atoms with Gasteiger partial charge < -0.3 is 15.4 Å². The van der Waals surface area contributed by atoms with Gasteiger partial charge in [-0.15, -0.1) is 4.91 Å². The maximum absolute atomic E-state index is 12.7. The first-order chi connectivity index (χ1) is 9.79. The Balaban J connectivity index is 0.000000211. The summed E-state index contributed by atoms with van der Waals surface area (Å²) in [5.41, 5.74) is 3.80. The van der Waals surface area contributed by atoms with Crippen LogP contribution in [0.25, 0.3) is 0 Å². The smallest absolute Gasteiger partial charge is 0.355 e. The van der Waals surface area contributed by atoms with Crippen molar-refractivity contribution in [2.24, 2.45) is 12.2 Å². The molecule has 0 unspecified atom stereocenters. The van der Waals surface area contributed by atoms with Crippen LogP contribution in [0.2, 0.25) is 0 Å². The average Bonchev–Trinajstić information content (AvgIpc) is 2.64. The topological polar surface area (TPSA) is 97.7 Å². The molecule has 9 heteroatoms. The van der Waals surface area contributed by atoms with Crippen LogP contribution in [0, 0.1) is 22.4 Å². The Kier molecular flexibility index (Phi) is 5.06. The number of halogens is 3. The molecule has 6 nitrogen and oxygen atoms in total.